The van der Waals surface area contributed by atoms with E-state index in [9.17, 15) is 19.2 Å². The van der Waals surface area contributed by atoms with Gasteiger partial charge in [0, 0.05) is 43.0 Å². The monoisotopic (exact) mass is 455 g/mol. The Balaban J connectivity index is 1.47. The van der Waals surface area contributed by atoms with Crippen molar-refractivity contribution in [1.82, 2.24) is 4.90 Å². The van der Waals surface area contributed by atoms with E-state index in [2.05, 4.69) is 15.5 Å². The smallest absolute Gasteiger partial charge is 0.350 e. The lowest BCUT2D eigenvalue weighted by Crippen LogP contribution is -2.47. The molecule has 1 spiro atoms. The number of hydrogen-bond acceptors (Lipinski definition) is 9. The highest BCUT2D eigenvalue weighted by atomic mass is 16.7. The molecule has 33 heavy (non-hydrogen) atoms. The Labute approximate surface area is 190 Å². The van der Waals surface area contributed by atoms with Crippen LogP contribution in [-0.2, 0) is 38.9 Å². The first-order valence-corrected chi connectivity index (χ1v) is 10.9. The summed E-state index contributed by atoms with van der Waals surface area (Å²) in [5, 5.41) is 5.90. The highest BCUT2D eigenvalue weighted by Crippen LogP contribution is 2.54. The molecule has 3 atom stereocenters. The van der Waals surface area contributed by atoms with E-state index in [4.69, 9.17) is 14.2 Å². The van der Waals surface area contributed by atoms with Crippen molar-refractivity contribution < 1.29 is 33.4 Å². The summed E-state index contributed by atoms with van der Waals surface area (Å²) in [5.74, 6) is -3.73. The van der Waals surface area contributed by atoms with Crippen LogP contribution in [0.25, 0.3) is 0 Å². The molecule has 0 bridgehead atoms. The SMILES string of the molecule is COC(=O)C1CC2(C(=O)Nc3ccc(NC=C4C(=O)OC(C)(C)OC4=O)cc32)N2CCCC12. The van der Waals surface area contributed by atoms with Crippen LogP contribution in [0.1, 0.15) is 38.7 Å². The number of nitrogens with one attached hydrogen (secondary N) is 2. The van der Waals surface area contributed by atoms with E-state index < -0.39 is 23.3 Å². The highest BCUT2D eigenvalue weighted by molar-refractivity contribution is 6.15. The van der Waals surface area contributed by atoms with Gasteiger partial charge in [0.15, 0.2) is 5.57 Å². The number of rotatable bonds is 3. The maximum Gasteiger partial charge on any atom is 0.350 e. The molecule has 2 N–H and O–H groups in total. The summed E-state index contributed by atoms with van der Waals surface area (Å²) in [4.78, 5) is 52.2. The van der Waals surface area contributed by atoms with E-state index in [0.29, 0.717) is 24.3 Å². The largest absolute Gasteiger partial charge is 0.469 e. The normalized spacial score (nSPS) is 29.8. The topological polar surface area (TPSA) is 123 Å². The van der Waals surface area contributed by atoms with Crippen molar-refractivity contribution in [1.29, 1.82) is 0 Å². The molecular weight excluding hydrogens is 430 g/mol. The average Bonchev–Trinajstić information content (AvgIpc) is 3.41. The molecule has 3 unspecified atom stereocenters. The van der Waals surface area contributed by atoms with Crippen LogP contribution >= 0.6 is 0 Å². The molecule has 1 aromatic rings. The summed E-state index contributed by atoms with van der Waals surface area (Å²) in [7, 11) is 1.37. The van der Waals surface area contributed by atoms with Crippen LogP contribution in [0.2, 0.25) is 0 Å². The molecule has 0 aromatic heterocycles. The Bertz CT molecular complexity index is 1090. The molecule has 0 radical (unpaired) electrons. The van der Waals surface area contributed by atoms with Crippen LogP contribution in [0.5, 0.6) is 0 Å². The van der Waals surface area contributed by atoms with Gasteiger partial charge in [0.2, 0.25) is 5.91 Å². The third-order valence-electron chi connectivity index (χ3n) is 6.86. The Kier molecular flexibility index (Phi) is 4.75. The van der Waals surface area contributed by atoms with Gasteiger partial charge >= 0.3 is 17.9 Å². The van der Waals surface area contributed by atoms with Gasteiger partial charge in [-0.2, -0.15) is 0 Å². The summed E-state index contributed by atoms with van der Waals surface area (Å²) in [6, 6.07) is 5.25. The average molecular weight is 455 g/mol. The van der Waals surface area contributed by atoms with Crippen molar-refractivity contribution in [3.05, 3.63) is 35.5 Å². The first kappa shape index (κ1) is 21.4. The van der Waals surface area contributed by atoms with Crippen molar-refractivity contribution >= 4 is 35.2 Å². The van der Waals surface area contributed by atoms with Gasteiger partial charge in [-0.1, -0.05) is 0 Å². The highest BCUT2D eigenvalue weighted by Gasteiger charge is 2.63. The third kappa shape index (κ3) is 3.19. The Morgan fingerprint density at radius 1 is 1.24 bits per heavy atom. The van der Waals surface area contributed by atoms with Gasteiger partial charge in [0.25, 0.3) is 5.79 Å². The minimum absolute atomic E-state index is 0.0528. The van der Waals surface area contributed by atoms with Gasteiger partial charge in [-0.05, 0) is 44.0 Å². The summed E-state index contributed by atoms with van der Waals surface area (Å²) in [6.45, 7) is 3.66. The second-order valence-electron chi connectivity index (χ2n) is 9.19. The lowest BCUT2D eigenvalue weighted by molar-refractivity contribution is -0.222. The number of cyclic esters (lactones) is 2. The van der Waals surface area contributed by atoms with Crippen molar-refractivity contribution in [2.45, 2.75) is 50.5 Å². The lowest BCUT2D eigenvalue weighted by Gasteiger charge is -2.33. The van der Waals surface area contributed by atoms with E-state index in [-0.39, 0.29) is 29.4 Å². The first-order valence-electron chi connectivity index (χ1n) is 10.9. The third-order valence-corrected chi connectivity index (χ3v) is 6.86. The molecule has 174 valence electrons. The first-order chi connectivity index (χ1) is 15.7. The molecule has 0 saturated carbocycles. The van der Waals surface area contributed by atoms with Crippen molar-refractivity contribution in [3.63, 3.8) is 0 Å². The number of benzene rings is 1. The molecule has 3 saturated heterocycles. The Morgan fingerprint density at radius 2 is 1.97 bits per heavy atom. The van der Waals surface area contributed by atoms with Gasteiger partial charge in [0.05, 0.1) is 13.0 Å². The number of methoxy groups -OCH3 is 1. The summed E-state index contributed by atoms with van der Waals surface area (Å²) < 4.78 is 15.2. The number of fused-ring (bicyclic) bond motifs is 4. The second kappa shape index (κ2) is 7.31. The van der Waals surface area contributed by atoms with E-state index in [1.807, 2.05) is 6.07 Å². The standard InChI is InChI=1S/C23H25N3O7/c1-22(2)32-19(28)14(20(29)33-22)11-24-12-6-7-16-15(9-12)23(21(30)25-16)10-13(18(27)31-3)17-5-4-8-26(17)23/h6-7,9,11,13,17,24H,4-5,8,10H2,1-3H3,(H,25,30). The van der Waals surface area contributed by atoms with Gasteiger partial charge in [-0.15, -0.1) is 0 Å². The molecule has 5 rings (SSSR count). The molecule has 4 heterocycles. The molecule has 10 nitrogen and oxygen atoms in total. The number of esters is 3. The predicted octanol–water partition coefficient (Wildman–Crippen LogP) is 1.62. The number of carbonyl (C=O) groups excluding carboxylic acids is 4. The number of nitrogens with zero attached hydrogens (tertiary/aromatic N) is 1. The quantitative estimate of drug-likeness (QED) is 0.398. The van der Waals surface area contributed by atoms with Crippen LogP contribution in [0.3, 0.4) is 0 Å². The lowest BCUT2D eigenvalue weighted by atomic mass is 9.84. The van der Waals surface area contributed by atoms with Crippen LogP contribution in [0.4, 0.5) is 11.4 Å². The summed E-state index contributed by atoms with van der Waals surface area (Å²) in [5.41, 5.74) is 0.772. The predicted molar refractivity (Wildman–Crippen MR) is 115 cm³/mol. The number of carbonyl (C=O) groups is 4. The molecule has 4 aliphatic heterocycles. The van der Waals surface area contributed by atoms with Gasteiger partial charge in [0.1, 0.15) is 5.54 Å². The van der Waals surface area contributed by atoms with Crippen LogP contribution in [0.15, 0.2) is 30.0 Å². The van der Waals surface area contributed by atoms with Gasteiger partial charge in [-0.3, -0.25) is 14.5 Å². The van der Waals surface area contributed by atoms with Crippen LogP contribution < -0.4 is 10.6 Å². The van der Waals surface area contributed by atoms with E-state index in [0.717, 1.165) is 18.4 Å². The molecule has 10 heteroatoms. The molecule has 1 aromatic carbocycles. The Morgan fingerprint density at radius 3 is 2.67 bits per heavy atom. The minimum atomic E-state index is -1.32. The summed E-state index contributed by atoms with van der Waals surface area (Å²) >= 11 is 0. The number of ether oxygens (including phenoxy) is 3. The molecule has 4 aliphatic rings. The number of hydrogen-bond donors (Lipinski definition) is 2. The fourth-order valence-electron chi connectivity index (χ4n) is 5.50. The fourth-order valence-corrected chi connectivity index (χ4v) is 5.50. The molecule has 1 amide bonds. The maximum atomic E-state index is 13.3. The zero-order chi connectivity index (χ0) is 23.5. The summed E-state index contributed by atoms with van der Waals surface area (Å²) in [6.07, 6.45) is 3.30. The molecule has 0 aliphatic carbocycles. The van der Waals surface area contributed by atoms with Crippen molar-refractivity contribution in [2.24, 2.45) is 5.92 Å². The molecule has 3 fully saturated rings. The van der Waals surface area contributed by atoms with Gasteiger partial charge < -0.3 is 24.8 Å². The van der Waals surface area contributed by atoms with E-state index >= 15 is 0 Å². The fraction of sp³-hybridized carbons (Fsp3) is 0.478. The minimum Gasteiger partial charge on any atom is -0.469 e. The Hall–Kier alpha value is -3.40. The number of anilines is 2. The molecular formula is C23H25N3O7. The van der Waals surface area contributed by atoms with Gasteiger partial charge in [-0.25, -0.2) is 9.59 Å². The van der Waals surface area contributed by atoms with Crippen LogP contribution in [-0.4, -0.2) is 54.2 Å². The second-order valence-corrected chi connectivity index (χ2v) is 9.19. The van der Waals surface area contributed by atoms with E-state index in [1.165, 1.54) is 27.2 Å². The van der Waals surface area contributed by atoms with E-state index in [1.54, 1.807) is 12.1 Å². The zero-order valence-electron chi connectivity index (χ0n) is 18.6. The maximum absolute atomic E-state index is 13.3. The van der Waals surface area contributed by atoms with Crippen LogP contribution in [0, 0.1) is 5.92 Å². The zero-order valence-corrected chi connectivity index (χ0v) is 18.6. The van der Waals surface area contributed by atoms with Crippen molar-refractivity contribution in [2.75, 3.05) is 24.3 Å². The van der Waals surface area contributed by atoms with Crippen molar-refractivity contribution in [3.8, 4) is 0 Å². The number of amides is 1.